The molecule has 15 heavy (non-hydrogen) atoms. The third kappa shape index (κ3) is 2.35. The molecule has 0 aromatic rings. The van der Waals surface area contributed by atoms with Crippen molar-refractivity contribution in [3.8, 4) is 0 Å². The van der Waals surface area contributed by atoms with E-state index in [0.717, 1.165) is 12.6 Å². The van der Waals surface area contributed by atoms with Crippen LogP contribution in [-0.2, 0) is 0 Å². The highest BCUT2D eigenvalue weighted by atomic mass is 15.2. The van der Waals surface area contributed by atoms with E-state index in [9.17, 15) is 0 Å². The van der Waals surface area contributed by atoms with Gasteiger partial charge in [0, 0.05) is 19.1 Å². The molecule has 0 radical (unpaired) electrons. The van der Waals surface area contributed by atoms with Crippen LogP contribution in [0.1, 0.15) is 25.7 Å². The molecular weight excluding hydrogens is 186 g/mol. The average Bonchev–Trinajstić information content (AvgIpc) is 2.59. The lowest BCUT2D eigenvalue weighted by atomic mass is 9.68. The number of hydrogen-bond donors (Lipinski definition) is 1. The third-order valence-corrected chi connectivity index (χ3v) is 4.38. The number of likely N-dealkylation sites (tertiary alicyclic amines) is 1. The van der Waals surface area contributed by atoms with Crippen molar-refractivity contribution in [2.75, 3.05) is 40.3 Å². The van der Waals surface area contributed by atoms with Crippen molar-refractivity contribution in [3.63, 3.8) is 0 Å². The quantitative estimate of drug-likeness (QED) is 0.745. The Balaban J connectivity index is 1.81. The minimum Gasteiger partial charge on any atom is -0.330 e. The maximum Gasteiger partial charge on any atom is 0.0229 e. The van der Waals surface area contributed by atoms with Crippen LogP contribution in [0.15, 0.2) is 0 Å². The summed E-state index contributed by atoms with van der Waals surface area (Å²) in [6.45, 7) is 4.64. The van der Waals surface area contributed by atoms with E-state index >= 15 is 0 Å². The Morgan fingerprint density at radius 2 is 2.13 bits per heavy atom. The van der Waals surface area contributed by atoms with Crippen LogP contribution in [0.25, 0.3) is 0 Å². The van der Waals surface area contributed by atoms with Crippen LogP contribution in [-0.4, -0.2) is 56.1 Å². The van der Waals surface area contributed by atoms with Gasteiger partial charge in [0.1, 0.15) is 0 Å². The first-order valence-corrected chi connectivity index (χ1v) is 6.24. The van der Waals surface area contributed by atoms with Gasteiger partial charge in [-0.1, -0.05) is 6.42 Å². The predicted molar refractivity (Wildman–Crippen MR) is 63.9 cm³/mol. The summed E-state index contributed by atoms with van der Waals surface area (Å²) in [5.74, 6) is 0. The molecule has 88 valence electrons. The lowest BCUT2D eigenvalue weighted by Crippen LogP contribution is -2.47. The third-order valence-electron chi connectivity index (χ3n) is 4.38. The summed E-state index contributed by atoms with van der Waals surface area (Å²) in [7, 11) is 4.38. The van der Waals surface area contributed by atoms with Gasteiger partial charge in [0.2, 0.25) is 0 Å². The fraction of sp³-hybridized carbons (Fsp3) is 1.00. The van der Waals surface area contributed by atoms with Crippen molar-refractivity contribution in [1.82, 2.24) is 9.80 Å². The summed E-state index contributed by atoms with van der Waals surface area (Å²) < 4.78 is 0. The first-order valence-electron chi connectivity index (χ1n) is 6.24. The van der Waals surface area contributed by atoms with Crippen molar-refractivity contribution in [1.29, 1.82) is 0 Å². The predicted octanol–water partition coefficient (Wildman–Crippen LogP) is 0.751. The van der Waals surface area contributed by atoms with E-state index in [4.69, 9.17) is 5.73 Å². The molecule has 0 spiro atoms. The molecule has 3 heteroatoms. The molecular formula is C12H25N3. The molecule has 2 N–H and O–H groups in total. The van der Waals surface area contributed by atoms with Crippen molar-refractivity contribution in [2.45, 2.75) is 31.7 Å². The Labute approximate surface area is 93.6 Å². The second kappa shape index (κ2) is 4.40. The van der Waals surface area contributed by atoms with Crippen LogP contribution in [0.4, 0.5) is 0 Å². The van der Waals surface area contributed by atoms with Gasteiger partial charge in [-0.05, 0) is 51.9 Å². The highest BCUT2D eigenvalue weighted by Gasteiger charge is 2.38. The van der Waals surface area contributed by atoms with Gasteiger partial charge in [-0.15, -0.1) is 0 Å². The maximum absolute atomic E-state index is 5.90. The normalized spacial score (nSPS) is 30.8. The second-order valence-corrected chi connectivity index (χ2v) is 5.70. The van der Waals surface area contributed by atoms with Crippen LogP contribution < -0.4 is 5.73 Å². The fourth-order valence-electron chi connectivity index (χ4n) is 2.96. The average molecular weight is 211 g/mol. The van der Waals surface area contributed by atoms with Crippen LogP contribution in [0, 0.1) is 5.41 Å². The van der Waals surface area contributed by atoms with Gasteiger partial charge >= 0.3 is 0 Å². The minimum absolute atomic E-state index is 0.487. The van der Waals surface area contributed by atoms with Crippen molar-refractivity contribution in [2.24, 2.45) is 11.1 Å². The summed E-state index contributed by atoms with van der Waals surface area (Å²) in [6.07, 6.45) is 5.43. The number of nitrogens with zero attached hydrogens (tertiary/aromatic N) is 2. The Bertz CT molecular complexity index is 205. The van der Waals surface area contributed by atoms with Crippen LogP contribution in [0.5, 0.6) is 0 Å². The first-order chi connectivity index (χ1) is 7.15. The monoisotopic (exact) mass is 211 g/mol. The molecule has 0 amide bonds. The molecule has 1 heterocycles. The molecule has 0 aromatic heterocycles. The molecule has 1 unspecified atom stereocenters. The Kier molecular flexibility index (Phi) is 3.33. The van der Waals surface area contributed by atoms with Crippen molar-refractivity contribution < 1.29 is 0 Å². The second-order valence-electron chi connectivity index (χ2n) is 5.70. The zero-order valence-corrected chi connectivity index (χ0v) is 10.2. The van der Waals surface area contributed by atoms with Crippen molar-refractivity contribution in [3.05, 3.63) is 0 Å². The molecule has 0 bridgehead atoms. The van der Waals surface area contributed by atoms with Gasteiger partial charge in [0.15, 0.2) is 0 Å². The lowest BCUT2D eigenvalue weighted by Gasteiger charge is -2.43. The van der Waals surface area contributed by atoms with E-state index in [-0.39, 0.29) is 0 Å². The largest absolute Gasteiger partial charge is 0.330 e. The molecule has 1 saturated carbocycles. The highest BCUT2D eigenvalue weighted by Crippen LogP contribution is 2.41. The van der Waals surface area contributed by atoms with Gasteiger partial charge in [-0.2, -0.15) is 0 Å². The summed E-state index contributed by atoms with van der Waals surface area (Å²) >= 11 is 0. The minimum atomic E-state index is 0.487. The smallest absolute Gasteiger partial charge is 0.0229 e. The number of likely N-dealkylation sites (N-methyl/N-ethyl adjacent to an activating group) is 1. The van der Waals surface area contributed by atoms with Gasteiger partial charge < -0.3 is 15.5 Å². The number of hydrogen-bond acceptors (Lipinski definition) is 3. The highest BCUT2D eigenvalue weighted by molar-refractivity contribution is 4.93. The SMILES string of the molecule is CN(C)C1CCN(CC2(CN)CCC2)C1. The van der Waals surface area contributed by atoms with Gasteiger partial charge in [0.25, 0.3) is 0 Å². The molecule has 3 nitrogen and oxygen atoms in total. The first kappa shape index (κ1) is 11.4. The molecule has 1 aliphatic carbocycles. The summed E-state index contributed by atoms with van der Waals surface area (Å²) in [5.41, 5.74) is 6.39. The summed E-state index contributed by atoms with van der Waals surface area (Å²) in [4.78, 5) is 4.98. The van der Waals surface area contributed by atoms with E-state index in [1.807, 2.05) is 0 Å². The molecule has 1 atom stereocenters. The van der Waals surface area contributed by atoms with Crippen molar-refractivity contribution >= 4 is 0 Å². The summed E-state index contributed by atoms with van der Waals surface area (Å²) in [6, 6.07) is 0.764. The van der Waals surface area contributed by atoms with E-state index < -0.39 is 0 Å². The fourth-order valence-corrected chi connectivity index (χ4v) is 2.96. The van der Waals surface area contributed by atoms with Gasteiger partial charge in [-0.3, -0.25) is 0 Å². The van der Waals surface area contributed by atoms with E-state index in [1.165, 1.54) is 45.3 Å². The molecule has 2 aliphatic rings. The molecule has 0 aromatic carbocycles. The van der Waals surface area contributed by atoms with E-state index in [0.29, 0.717) is 5.41 Å². The molecule has 2 fully saturated rings. The standard InChI is InChI=1S/C12H25N3/c1-14(2)11-4-7-15(8-11)10-12(9-13)5-3-6-12/h11H,3-10,13H2,1-2H3. The maximum atomic E-state index is 5.90. The molecule has 2 rings (SSSR count). The zero-order valence-electron chi connectivity index (χ0n) is 10.2. The van der Waals surface area contributed by atoms with Gasteiger partial charge in [0.05, 0.1) is 0 Å². The Morgan fingerprint density at radius 1 is 1.40 bits per heavy atom. The van der Waals surface area contributed by atoms with Crippen LogP contribution in [0.2, 0.25) is 0 Å². The van der Waals surface area contributed by atoms with Gasteiger partial charge in [-0.25, -0.2) is 0 Å². The van der Waals surface area contributed by atoms with Crippen LogP contribution >= 0.6 is 0 Å². The summed E-state index contributed by atoms with van der Waals surface area (Å²) in [5, 5.41) is 0. The zero-order chi connectivity index (χ0) is 10.9. The number of rotatable bonds is 4. The Morgan fingerprint density at radius 3 is 2.53 bits per heavy atom. The number of nitrogens with two attached hydrogens (primary N) is 1. The molecule has 1 saturated heterocycles. The topological polar surface area (TPSA) is 32.5 Å². The Hall–Kier alpha value is -0.120. The van der Waals surface area contributed by atoms with Crippen LogP contribution in [0.3, 0.4) is 0 Å². The lowest BCUT2D eigenvalue weighted by molar-refractivity contribution is 0.0836. The molecule has 1 aliphatic heterocycles. The van der Waals surface area contributed by atoms with E-state index in [2.05, 4.69) is 23.9 Å². The van der Waals surface area contributed by atoms with E-state index in [1.54, 1.807) is 0 Å².